The molecule has 2 atom stereocenters. The SMILES string of the molecule is CC(F)(C(O)CC(F)(F)F)C(O)(F)F. The molecular weight excluding hydrogens is 218 g/mol. The first-order chi connectivity index (χ1) is 5.88. The summed E-state index contributed by atoms with van der Waals surface area (Å²) in [6.07, 6.45) is -15.2. The Kier molecular flexibility index (Phi) is 3.45. The summed E-state index contributed by atoms with van der Waals surface area (Å²) in [7, 11) is 0. The van der Waals surface area contributed by atoms with E-state index in [4.69, 9.17) is 10.2 Å². The highest BCUT2D eigenvalue weighted by Gasteiger charge is 2.57. The van der Waals surface area contributed by atoms with Crippen LogP contribution in [0.5, 0.6) is 0 Å². The second-order valence-corrected chi connectivity index (χ2v) is 2.95. The van der Waals surface area contributed by atoms with Crippen molar-refractivity contribution in [2.75, 3.05) is 0 Å². The highest BCUT2D eigenvalue weighted by molar-refractivity contribution is 4.90. The minimum Gasteiger partial charge on any atom is -0.389 e. The van der Waals surface area contributed by atoms with Gasteiger partial charge in [0.25, 0.3) is 0 Å². The first-order valence-corrected chi connectivity index (χ1v) is 3.42. The van der Waals surface area contributed by atoms with Crippen molar-refractivity contribution in [2.45, 2.75) is 37.4 Å². The molecule has 0 saturated heterocycles. The first-order valence-electron chi connectivity index (χ1n) is 3.42. The molecule has 8 heteroatoms. The van der Waals surface area contributed by atoms with Gasteiger partial charge in [-0.25, -0.2) is 4.39 Å². The van der Waals surface area contributed by atoms with Crippen LogP contribution in [0.15, 0.2) is 0 Å². The quantitative estimate of drug-likeness (QED) is 0.718. The van der Waals surface area contributed by atoms with E-state index in [1.165, 1.54) is 0 Å². The lowest BCUT2D eigenvalue weighted by Crippen LogP contribution is -2.52. The summed E-state index contributed by atoms with van der Waals surface area (Å²) >= 11 is 0. The smallest absolute Gasteiger partial charge is 0.389 e. The van der Waals surface area contributed by atoms with Gasteiger partial charge in [0.1, 0.15) is 6.10 Å². The Labute approximate surface area is 75.1 Å². The molecule has 2 unspecified atom stereocenters. The van der Waals surface area contributed by atoms with Crippen molar-refractivity contribution in [1.29, 1.82) is 0 Å². The number of alkyl halides is 6. The van der Waals surface area contributed by atoms with Gasteiger partial charge in [-0.15, -0.1) is 0 Å². The van der Waals surface area contributed by atoms with Crippen LogP contribution in [0.2, 0.25) is 0 Å². The van der Waals surface area contributed by atoms with Crippen LogP contribution in [0.4, 0.5) is 26.3 Å². The molecule has 0 fully saturated rings. The molecule has 0 rings (SSSR count). The number of halogens is 6. The topological polar surface area (TPSA) is 40.5 Å². The van der Waals surface area contributed by atoms with Crippen molar-refractivity contribution in [2.24, 2.45) is 0 Å². The summed E-state index contributed by atoms with van der Waals surface area (Å²) in [6.45, 7) is -0.0105. The van der Waals surface area contributed by atoms with Gasteiger partial charge in [-0.3, -0.25) is 0 Å². The molecule has 14 heavy (non-hydrogen) atoms. The molecule has 2 nitrogen and oxygen atoms in total. The van der Waals surface area contributed by atoms with E-state index in [0.717, 1.165) is 0 Å². The minimum absolute atomic E-state index is 0.0105. The Morgan fingerprint density at radius 2 is 1.43 bits per heavy atom. The van der Waals surface area contributed by atoms with Crippen LogP contribution in [0, 0.1) is 0 Å². The third kappa shape index (κ3) is 3.33. The van der Waals surface area contributed by atoms with Crippen molar-refractivity contribution in [3.63, 3.8) is 0 Å². The van der Waals surface area contributed by atoms with Gasteiger partial charge in [0.2, 0.25) is 5.67 Å². The summed E-state index contributed by atoms with van der Waals surface area (Å²) < 4.78 is 71.4. The predicted molar refractivity (Wildman–Crippen MR) is 33.4 cm³/mol. The lowest BCUT2D eigenvalue weighted by Gasteiger charge is -2.30. The molecule has 0 radical (unpaired) electrons. The number of aliphatic hydroxyl groups is 2. The van der Waals surface area contributed by atoms with E-state index >= 15 is 0 Å². The fourth-order valence-corrected chi connectivity index (χ4v) is 0.611. The Morgan fingerprint density at radius 3 is 1.64 bits per heavy atom. The third-order valence-electron chi connectivity index (χ3n) is 1.64. The van der Waals surface area contributed by atoms with Crippen LogP contribution in [-0.4, -0.2) is 34.3 Å². The molecule has 0 bridgehead atoms. The summed E-state index contributed by atoms with van der Waals surface area (Å²) in [6, 6.07) is 0. The molecule has 0 aromatic carbocycles. The van der Waals surface area contributed by atoms with Gasteiger partial charge in [0, 0.05) is 0 Å². The zero-order valence-corrected chi connectivity index (χ0v) is 6.95. The molecule has 0 aromatic rings. The maximum Gasteiger partial charge on any atom is 0.391 e. The molecule has 0 aromatic heterocycles. The van der Waals surface area contributed by atoms with Crippen LogP contribution in [0.3, 0.4) is 0 Å². The van der Waals surface area contributed by atoms with E-state index in [1.807, 2.05) is 0 Å². The molecule has 0 aliphatic rings. The van der Waals surface area contributed by atoms with Gasteiger partial charge < -0.3 is 10.2 Å². The van der Waals surface area contributed by atoms with E-state index in [9.17, 15) is 26.3 Å². The highest BCUT2D eigenvalue weighted by atomic mass is 19.4. The molecule has 0 heterocycles. The zero-order valence-electron chi connectivity index (χ0n) is 6.95. The van der Waals surface area contributed by atoms with E-state index in [-0.39, 0.29) is 6.92 Å². The molecular formula is C6H8F6O2. The van der Waals surface area contributed by atoms with E-state index in [0.29, 0.717) is 0 Å². The third-order valence-corrected chi connectivity index (χ3v) is 1.64. The predicted octanol–water partition coefficient (Wildman–Crippen LogP) is 1.61. The van der Waals surface area contributed by atoms with Crippen molar-refractivity contribution >= 4 is 0 Å². The van der Waals surface area contributed by atoms with E-state index < -0.39 is 30.5 Å². The lowest BCUT2D eigenvalue weighted by atomic mass is 9.97. The normalized spacial score (nSPS) is 20.4. The van der Waals surface area contributed by atoms with Gasteiger partial charge in [0.15, 0.2) is 0 Å². The summed E-state index contributed by atoms with van der Waals surface area (Å²) in [4.78, 5) is 0. The Balaban J connectivity index is 4.61. The number of rotatable bonds is 3. The van der Waals surface area contributed by atoms with Gasteiger partial charge in [-0.2, -0.15) is 22.0 Å². The Bertz CT molecular complexity index is 193. The maximum absolute atomic E-state index is 12.8. The summed E-state index contributed by atoms with van der Waals surface area (Å²) in [5.41, 5.74) is -4.04. The average molecular weight is 226 g/mol. The van der Waals surface area contributed by atoms with Gasteiger partial charge >= 0.3 is 12.3 Å². The van der Waals surface area contributed by atoms with Crippen LogP contribution in [0.1, 0.15) is 13.3 Å². The van der Waals surface area contributed by atoms with Crippen LogP contribution in [-0.2, 0) is 0 Å². The Morgan fingerprint density at radius 1 is 1.07 bits per heavy atom. The van der Waals surface area contributed by atoms with E-state index in [2.05, 4.69) is 0 Å². The van der Waals surface area contributed by atoms with Crippen LogP contribution in [0.25, 0.3) is 0 Å². The second-order valence-electron chi connectivity index (χ2n) is 2.95. The molecule has 0 aliphatic carbocycles. The summed E-state index contributed by atoms with van der Waals surface area (Å²) in [5.74, 6) is 0. The molecule has 0 aliphatic heterocycles. The van der Waals surface area contributed by atoms with Crippen molar-refractivity contribution < 1.29 is 36.6 Å². The molecule has 86 valence electrons. The molecule has 0 amide bonds. The Hall–Kier alpha value is -0.500. The molecule has 0 saturated carbocycles. The average Bonchev–Trinajstić information content (AvgIpc) is 1.80. The number of hydrogen-bond donors (Lipinski definition) is 2. The van der Waals surface area contributed by atoms with Crippen molar-refractivity contribution in [3.8, 4) is 0 Å². The number of hydrogen-bond acceptors (Lipinski definition) is 2. The van der Waals surface area contributed by atoms with E-state index in [1.54, 1.807) is 0 Å². The zero-order chi connectivity index (χ0) is 11.8. The largest absolute Gasteiger partial charge is 0.391 e. The monoisotopic (exact) mass is 226 g/mol. The fraction of sp³-hybridized carbons (Fsp3) is 1.00. The molecule has 0 spiro atoms. The summed E-state index contributed by atoms with van der Waals surface area (Å²) in [5, 5.41) is 16.4. The first kappa shape index (κ1) is 13.5. The van der Waals surface area contributed by atoms with Crippen molar-refractivity contribution in [1.82, 2.24) is 0 Å². The molecule has 2 N–H and O–H groups in total. The van der Waals surface area contributed by atoms with Gasteiger partial charge in [0.05, 0.1) is 6.42 Å². The van der Waals surface area contributed by atoms with Crippen molar-refractivity contribution in [3.05, 3.63) is 0 Å². The van der Waals surface area contributed by atoms with Crippen LogP contribution < -0.4 is 0 Å². The highest BCUT2D eigenvalue weighted by Crippen LogP contribution is 2.37. The number of aliphatic hydroxyl groups excluding tert-OH is 1. The lowest BCUT2D eigenvalue weighted by molar-refractivity contribution is -0.307. The second kappa shape index (κ2) is 3.58. The van der Waals surface area contributed by atoms with Crippen LogP contribution >= 0.6 is 0 Å². The van der Waals surface area contributed by atoms with Gasteiger partial charge in [-0.05, 0) is 6.92 Å². The standard InChI is InChI=1S/C6H8F6O2/c1-4(7,6(11,12)14)3(13)2-5(8,9)10/h3,13-14H,2H2,1H3. The maximum atomic E-state index is 12.8. The van der Waals surface area contributed by atoms with Gasteiger partial charge in [-0.1, -0.05) is 0 Å². The minimum atomic E-state index is -5.03. The fourth-order valence-electron chi connectivity index (χ4n) is 0.611.